The molecule has 0 saturated carbocycles. The lowest BCUT2D eigenvalue weighted by Gasteiger charge is -2.06. The van der Waals surface area contributed by atoms with Crippen LogP contribution in [0.1, 0.15) is 22.3 Å². The van der Waals surface area contributed by atoms with Crippen molar-refractivity contribution in [3.8, 4) is 0 Å². The van der Waals surface area contributed by atoms with Crippen LogP contribution in [-0.2, 0) is 22.6 Å². The van der Waals surface area contributed by atoms with E-state index in [-0.39, 0.29) is 18.3 Å². The summed E-state index contributed by atoms with van der Waals surface area (Å²) in [5.41, 5.74) is 4.57. The van der Waals surface area contributed by atoms with Crippen LogP contribution in [0.15, 0.2) is 36.4 Å². The van der Waals surface area contributed by atoms with Crippen LogP contribution in [0, 0.1) is 5.82 Å². The molecule has 0 spiro atoms. The van der Waals surface area contributed by atoms with Crippen molar-refractivity contribution < 1.29 is 19.0 Å². The number of hydrogen-bond acceptors (Lipinski definition) is 4. The Kier molecular flexibility index (Phi) is 4.44. The van der Waals surface area contributed by atoms with E-state index in [0.717, 1.165) is 29.7 Å². The Bertz CT molecular complexity index is 908. The number of aliphatic hydroxyl groups excluding tert-OH is 1. The maximum atomic E-state index is 13.6. The number of fused-ring (bicyclic) bond motifs is 2. The predicted octanol–water partition coefficient (Wildman–Crippen LogP) is 2.30. The molecule has 2 aromatic rings. The van der Waals surface area contributed by atoms with E-state index in [9.17, 15) is 9.18 Å². The average molecular weight is 354 g/mol. The zero-order chi connectivity index (χ0) is 18.1. The molecular weight excluding hydrogens is 335 g/mol. The van der Waals surface area contributed by atoms with Crippen LogP contribution >= 0.6 is 0 Å². The van der Waals surface area contributed by atoms with Crippen LogP contribution in [0.5, 0.6) is 0 Å². The van der Waals surface area contributed by atoms with Crippen molar-refractivity contribution in [3.05, 3.63) is 64.5 Å². The van der Waals surface area contributed by atoms with Crippen molar-refractivity contribution in [2.75, 3.05) is 25.0 Å². The third kappa shape index (κ3) is 2.98. The first-order chi connectivity index (χ1) is 12.7. The fourth-order valence-electron chi connectivity index (χ4n) is 3.38. The number of halogens is 1. The first-order valence-corrected chi connectivity index (χ1v) is 8.59. The van der Waals surface area contributed by atoms with Gasteiger partial charge in [0.2, 0.25) is 0 Å². The number of carbonyl (C=O) groups is 1. The molecule has 26 heavy (non-hydrogen) atoms. The molecular formula is C20H19FN2O3. The summed E-state index contributed by atoms with van der Waals surface area (Å²) in [5.74, 6) is -0.153. The minimum atomic E-state index is -0.387. The van der Waals surface area contributed by atoms with Crippen molar-refractivity contribution in [2.24, 2.45) is 0 Å². The van der Waals surface area contributed by atoms with Gasteiger partial charge in [0.15, 0.2) is 0 Å². The summed E-state index contributed by atoms with van der Waals surface area (Å²) in [6.07, 6.45) is 0.841. The fourth-order valence-corrected chi connectivity index (χ4v) is 3.38. The third-order valence-electron chi connectivity index (χ3n) is 4.62. The van der Waals surface area contributed by atoms with E-state index in [1.54, 1.807) is 6.07 Å². The van der Waals surface area contributed by atoms with E-state index < -0.39 is 0 Å². The van der Waals surface area contributed by atoms with E-state index in [1.165, 1.54) is 12.1 Å². The molecule has 0 radical (unpaired) electrons. The molecule has 1 amide bonds. The zero-order valence-corrected chi connectivity index (χ0v) is 14.1. The number of carbonyl (C=O) groups excluding carboxylic acids is 1. The summed E-state index contributed by atoms with van der Waals surface area (Å²) in [7, 11) is 0. The molecule has 5 nitrogen and oxygen atoms in total. The number of benzene rings is 2. The lowest BCUT2D eigenvalue weighted by molar-refractivity contribution is -0.110. The van der Waals surface area contributed by atoms with E-state index in [1.807, 2.05) is 12.1 Å². The topological polar surface area (TPSA) is 70.6 Å². The van der Waals surface area contributed by atoms with Gasteiger partial charge < -0.3 is 20.5 Å². The Morgan fingerprint density at radius 1 is 1.15 bits per heavy atom. The second kappa shape index (κ2) is 6.90. The molecule has 0 bridgehead atoms. The van der Waals surface area contributed by atoms with Gasteiger partial charge in [-0.3, -0.25) is 4.79 Å². The Balaban J connectivity index is 1.65. The van der Waals surface area contributed by atoms with Crippen LogP contribution in [0.25, 0.3) is 11.3 Å². The molecule has 0 aliphatic carbocycles. The molecule has 2 heterocycles. The summed E-state index contributed by atoms with van der Waals surface area (Å²) >= 11 is 0. The Morgan fingerprint density at radius 2 is 2.04 bits per heavy atom. The molecule has 0 saturated heterocycles. The molecule has 3 N–H and O–H groups in total. The van der Waals surface area contributed by atoms with Gasteiger partial charge in [0.25, 0.3) is 5.91 Å². The second-order valence-electron chi connectivity index (χ2n) is 6.35. The number of nitrogens with one attached hydrogen (secondary N) is 2. The first kappa shape index (κ1) is 16.8. The highest BCUT2D eigenvalue weighted by atomic mass is 19.1. The largest absolute Gasteiger partial charge is 0.487 e. The normalized spacial score (nSPS) is 17.7. The summed E-state index contributed by atoms with van der Waals surface area (Å²) in [6.45, 7) is 1.88. The molecule has 0 fully saturated rings. The SMILES string of the molecule is O=C1Nc2ccc(F)cc2/C1=C1\OCc2cc(CCNCCO)ccc21. The van der Waals surface area contributed by atoms with Gasteiger partial charge in [-0.15, -0.1) is 0 Å². The van der Waals surface area contributed by atoms with Crippen molar-refractivity contribution in [2.45, 2.75) is 13.0 Å². The molecule has 6 heteroatoms. The fraction of sp³-hybridized carbons (Fsp3) is 0.250. The van der Waals surface area contributed by atoms with Crippen LogP contribution in [0.4, 0.5) is 10.1 Å². The predicted molar refractivity (Wildman–Crippen MR) is 96.7 cm³/mol. The molecule has 2 aliphatic heterocycles. The van der Waals surface area contributed by atoms with E-state index in [0.29, 0.717) is 35.7 Å². The minimum Gasteiger partial charge on any atom is -0.487 e. The number of aliphatic hydroxyl groups is 1. The summed E-state index contributed by atoms with van der Waals surface area (Å²) in [6, 6.07) is 10.3. The number of rotatable bonds is 5. The molecule has 0 atom stereocenters. The minimum absolute atomic E-state index is 0.124. The van der Waals surface area contributed by atoms with E-state index in [4.69, 9.17) is 9.84 Å². The third-order valence-corrected chi connectivity index (χ3v) is 4.62. The highest BCUT2D eigenvalue weighted by Crippen LogP contribution is 2.41. The van der Waals surface area contributed by atoms with Crippen molar-refractivity contribution in [1.82, 2.24) is 5.32 Å². The Labute approximate surface area is 150 Å². The summed E-state index contributed by atoms with van der Waals surface area (Å²) < 4.78 is 19.5. The van der Waals surface area contributed by atoms with Gasteiger partial charge >= 0.3 is 0 Å². The summed E-state index contributed by atoms with van der Waals surface area (Å²) in [5, 5.41) is 14.7. The quantitative estimate of drug-likeness (QED) is 0.569. The Hall–Kier alpha value is -2.70. The van der Waals surface area contributed by atoms with Crippen molar-refractivity contribution in [1.29, 1.82) is 0 Å². The molecule has 2 aliphatic rings. The van der Waals surface area contributed by atoms with Gasteiger partial charge in [0, 0.05) is 28.9 Å². The maximum absolute atomic E-state index is 13.6. The van der Waals surface area contributed by atoms with Crippen LogP contribution < -0.4 is 10.6 Å². The Morgan fingerprint density at radius 3 is 2.88 bits per heavy atom. The van der Waals surface area contributed by atoms with Crippen LogP contribution in [0.3, 0.4) is 0 Å². The number of amides is 1. The van der Waals surface area contributed by atoms with E-state index in [2.05, 4.69) is 16.7 Å². The number of anilines is 1. The molecule has 2 aromatic carbocycles. The van der Waals surface area contributed by atoms with Gasteiger partial charge in [-0.2, -0.15) is 0 Å². The lowest BCUT2D eigenvalue weighted by Crippen LogP contribution is -2.20. The van der Waals surface area contributed by atoms with Gasteiger partial charge in [-0.1, -0.05) is 18.2 Å². The van der Waals surface area contributed by atoms with Gasteiger partial charge in [-0.25, -0.2) is 4.39 Å². The molecule has 0 unspecified atom stereocenters. The van der Waals surface area contributed by atoms with Gasteiger partial charge in [0.05, 0.1) is 12.2 Å². The molecule has 0 aromatic heterocycles. The number of ether oxygens (including phenoxy) is 1. The smallest absolute Gasteiger partial charge is 0.260 e. The van der Waals surface area contributed by atoms with Crippen molar-refractivity contribution >= 4 is 22.9 Å². The highest BCUT2D eigenvalue weighted by molar-refractivity contribution is 6.36. The number of hydrogen-bond donors (Lipinski definition) is 3. The summed E-state index contributed by atoms with van der Waals surface area (Å²) in [4.78, 5) is 12.4. The zero-order valence-electron chi connectivity index (χ0n) is 14.1. The van der Waals surface area contributed by atoms with Gasteiger partial charge in [0.1, 0.15) is 18.2 Å². The van der Waals surface area contributed by atoms with Crippen molar-refractivity contribution in [3.63, 3.8) is 0 Å². The second-order valence-corrected chi connectivity index (χ2v) is 6.35. The lowest BCUT2D eigenvalue weighted by atomic mass is 9.98. The van der Waals surface area contributed by atoms with Crippen LogP contribution in [-0.4, -0.2) is 30.7 Å². The van der Waals surface area contributed by atoms with E-state index >= 15 is 0 Å². The first-order valence-electron chi connectivity index (χ1n) is 8.59. The molecule has 4 rings (SSSR count). The molecule has 134 valence electrons. The van der Waals surface area contributed by atoms with Gasteiger partial charge in [-0.05, 0) is 36.7 Å². The maximum Gasteiger partial charge on any atom is 0.260 e. The highest BCUT2D eigenvalue weighted by Gasteiger charge is 2.32. The monoisotopic (exact) mass is 354 g/mol. The standard InChI is InChI=1S/C20H19FN2O3/c21-14-2-4-17-16(10-14)18(20(25)23-17)19-15-3-1-12(5-6-22-7-8-24)9-13(15)11-26-19/h1-4,9-10,22,24H,5-8,11H2,(H,23,25)/b19-18+. The van der Waals surface area contributed by atoms with Crippen LogP contribution in [0.2, 0.25) is 0 Å². The average Bonchev–Trinajstić information content (AvgIpc) is 3.18.